The van der Waals surface area contributed by atoms with E-state index in [0.717, 1.165) is 47.6 Å². The molecule has 23 heavy (non-hydrogen) atoms. The molecule has 0 saturated carbocycles. The van der Waals surface area contributed by atoms with Crippen molar-refractivity contribution < 1.29 is 19.3 Å². The number of nitrogens with one attached hydrogen (secondary N) is 1. The van der Waals surface area contributed by atoms with Gasteiger partial charge in [-0.1, -0.05) is 0 Å². The van der Waals surface area contributed by atoms with Crippen LogP contribution in [-0.2, 0) is 12.8 Å². The molecule has 0 fully saturated rings. The summed E-state index contributed by atoms with van der Waals surface area (Å²) < 4.78 is 17.0. The lowest BCUT2D eigenvalue weighted by molar-refractivity contribution is 0.174. The molecule has 2 aromatic rings. The zero-order valence-electron chi connectivity index (χ0n) is 12.8. The van der Waals surface area contributed by atoms with Crippen LogP contribution in [0.5, 0.6) is 23.0 Å². The minimum Gasteiger partial charge on any atom is -0.508 e. The zero-order valence-corrected chi connectivity index (χ0v) is 12.8. The Morgan fingerprint density at radius 3 is 2.96 bits per heavy atom. The minimum absolute atomic E-state index is 0.227. The maximum absolute atomic E-state index is 10.0. The topological polar surface area (TPSA) is 60.0 Å². The van der Waals surface area contributed by atoms with E-state index in [1.807, 2.05) is 6.07 Å². The monoisotopic (exact) mass is 311 g/mol. The van der Waals surface area contributed by atoms with Gasteiger partial charge in [-0.25, -0.2) is 0 Å². The fourth-order valence-corrected chi connectivity index (χ4v) is 4.10. The third-order valence-electron chi connectivity index (χ3n) is 4.99. The highest BCUT2D eigenvalue weighted by Gasteiger charge is 2.37. The summed E-state index contributed by atoms with van der Waals surface area (Å²) in [5.74, 6) is 2.50. The molecule has 0 radical (unpaired) electrons. The molecule has 0 saturated heterocycles. The van der Waals surface area contributed by atoms with Crippen molar-refractivity contribution in [3.8, 4) is 34.1 Å². The number of phenols is 1. The quantitative estimate of drug-likeness (QED) is 0.847. The number of fused-ring (bicyclic) bond motifs is 4. The number of hydrogen-bond acceptors (Lipinski definition) is 5. The Balaban J connectivity index is 1.89. The zero-order chi connectivity index (χ0) is 15.6. The molecule has 0 bridgehead atoms. The number of hydrogen-bond donors (Lipinski definition) is 2. The smallest absolute Gasteiger partial charge is 0.231 e. The average Bonchev–Trinajstić information content (AvgIpc) is 3.01. The van der Waals surface area contributed by atoms with Crippen LogP contribution < -0.4 is 19.5 Å². The van der Waals surface area contributed by atoms with E-state index < -0.39 is 0 Å². The molecule has 0 spiro atoms. The Morgan fingerprint density at radius 1 is 1.17 bits per heavy atom. The van der Waals surface area contributed by atoms with Crippen molar-refractivity contribution >= 4 is 0 Å². The van der Waals surface area contributed by atoms with Gasteiger partial charge in [-0.2, -0.15) is 0 Å². The highest BCUT2D eigenvalue weighted by Crippen LogP contribution is 2.55. The van der Waals surface area contributed by atoms with Gasteiger partial charge in [-0.3, -0.25) is 0 Å². The summed E-state index contributed by atoms with van der Waals surface area (Å²) in [4.78, 5) is 0. The second kappa shape index (κ2) is 4.55. The van der Waals surface area contributed by atoms with Crippen LogP contribution in [0.25, 0.3) is 11.1 Å². The SMILES string of the molecule is COc1cc(O)cc2c1-c1c3c(cc4c1C(C2)NCC4)OCO3. The average molecular weight is 311 g/mol. The van der Waals surface area contributed by atoms with E-state index in [4.69, 9.17) is 14.2 Å². The Hall–Kier alpha value is -2.40. The summed E-state index contributed by atoms with van der Waals surface area (Å²) in [7, 11) is 1.63. The summed E-state index contributed by atoms with van der Waals surface area (Å²) in [6.45, 7) is 1.20. The first kappa shape index (κ1) is 13.1. The Kier molecular flexibility index (Phi) is 2.59. The highest BCUT2D eigenvalue weighted by atomic mass is 16.7. The van der Waals surface area contributed by atoms with E-state index >= 15 is 0 Å². The Morgan fingerprint density at radius 2 is 2.09 bits per heavy atom. The molecular weight excluding hydrogens is 294 g/mol. The third-order valence-corrected chi connectivity index (χ3v) is 4.99. The lowest BCUT2D eigenvalue weighted by Gasteiger charge is -2.35. The van der Waals surface area contributed by atoms with E-state index in [-0.39, 0.29) is 18.6 Å². The van der Waals surface area contributed by atoms with Gasteiger partial charge in [0.15, 0.2) is 11.5 Å². The van der Waals surface area contributed by atoms with Crippen molar-refractivity contribution in [1.82, 2.24) is 5.32 Å². The second-order valence-electron chi connectivity index (χ2n) is 6.20. The molecule has 3 aliphatic rings. The molecule has 118 valence electrons. The van der Waals surface area contributed by atoms with Gasteiger partial charge in [0.25, 0.3) is 0 Å². The highest BCUT2D eigenvalue weighted by molar-refractivity contribution is 5.87. The first-order valence-electron chi connectivity index (χ1n) is 7.85. The van der Waals surface area contributed by atoms with E-state index in [1.165, 1.54) is 11.1 Å². The molecule has 5 rings (SSSR count). The molecule has 1 unspecified atom stereocenters. The number of ether oxygens (including phenoxy) is 3. The molecular formula is C18H17NO4. The van der Waals surface area contributed by atoms with Crippen molar-refractivity contribution in [1.29, 1.82) is 0 Å². The lowest BCUT2D eigenvalue weighted by atomic mass is 9.77. The molecule has 2 aliphatic heterocycles. The third kappa shape index (κ3) is 1.71. The maximum atomic E-state index is 10.0. The molecule has 1 atom stereocenters. The number of phenolic OH excluding ortho intramolecular Hbond substituents is 1. The molecule has 5 heteroatoms. The fraction of sp³-hybridized carbons (Fsp3) is 0.333. The Bertz CT molecular complexity index is 831. The van der Waals surface area contributed by atoms with Gasteiger partial charge in [-0.05, 0) is 48.2 Å². The molecule has 2 heterocycles. The van der Waals surface area contributed by atoms with Crippen molar-refractivity contribution in [2.75, 3.05) is 20.4 Å². The van der Waals surface area contributed by atoms with Gasteiger partial charge in [0, 0.05) is 23.2 Å². The van der Waals surface area contributed by atoms with Crippen molar-refractivity contribution in [2.45, 2.75) is 18.9 Å². The number of rotatable bonds is 1. The first-order chi connectivity index (χ1) is 11.3. The van der Waals surface area contributed by atoms with E-state index in [9.17, 15) is 5.11 Å². The largest absolute Gasteiger partial charge is 0.508 e. The molecule has 0 aromatic heterocycles. The predicted octanol–water partition coefficient (Wildman–Crippen LogP) is 2.54. The van der Waals surface area contributed by atoms with Gasteiger partial charge >= 0.3 is 0 Å². The standard InChI is InChI=1S/C18H17NO4/c1-21-13-7-11(20)4-10-5-12-15-9(2-3-19-12)6-14-18(23-8-22-14)17(15)16(10)13/h4,6-7,12,19-20H,2-3,5,8H2,1H3. The summed E-state index contributed by atoms with van der Waals surface area (Å²) >= 11 is 0. The van der Waals surface area contributed by atoms with Crippen LogP contribution in [0.1, 0.15) is 22.7 Å². The van der Waals surface area contributed by atoms with Gasteiger partial charge < -0.3 is 24.6 Å². The molecule has 5 nitrogen and oxygen atoms in total. The fourth-order valence-electron chi connectivity index (χ4n) is 4.10. The molecule has 0 amide bonds. The van der Waals surface area contributed by atoms with Crippen LogP contribution in [0.4, 0.5) is 0 Å². The van der Waals surface area contributed by atoms with Crippen LogP contribution in [0.3, 0.4) is 0 Å². The van der Waals surface area contributed by atoms with Gasteiger partial charge in [0.05, 0.1) is 7.11 Å². The molecule has 2 N–H and O–H groups in total. The van der Waals surface area contributed by atoms with E-state index in [1.54, 1.807) is 13.2 Å². The van der Waals surface area contributed by atoms with E-state index in [0.29, 0.717) is 5.75 Å². The summed E-state index contributed by atoms with van der Waals surface area (Å²) in [5.41, 5.74) is 5.75. The maximum Gasteiger partial charge on any atom is 0.231 e. The minimum atomic E-state index is 0.227. The summed E-state index contributed by atoms with van der Waals surface area (Å²) in [6, 6.07) is 5.85. The Labute approximate surface area is 133 Å². The number of benzene rings is 2. The predicted molar refractivity (Wildman–Crippen MR) is 84.4 cm³/mol. The number of aromatic hydroxyl groups is 1. The van der Waals surface area contributed by atoms with Crippen LogP contribution in [-0.4, -0.2) is 25.6 Å². The summed E-state index contributed by atoms with van der Waals surface area (Å²) in [6.07, 6.45) is 1.81. The molecule has 1 aliphatic carbocycles. The lowest BCUT2D eigenvalue weighted by Crippen LogP contribution is -2.33. The van der Waals surface area contributed by atoms with Gasteiger partial charge in [-0.15, -0.1) is 0 Å². The van der Waals surface area contributed by atoms with Crippen molar-refractivity contribution in [3.63, 3.8) is 0 Å². The van der Waals surface area contributed by atoms with Crippen LogP contribution >= 0.6 is 0 Å². The van der Waals surface area contributed by atoms with Gasteiger partial charge in [0.1, 0.15) is 11.5 Å². The summed E-state index contributed by atoms with van der Waals surface area (Å²) in [5, 5.41) is 13.6. The van der Waals surface area contributed by atoms with Crippen molar-refractivity contribution in [2.24, 2.45) is 0 Å². The number of methoxy groups -OCH3 is 1. The normalized spacial score (nSPS) is 20.0. The second-order valence-corrected chi connectivity index (χ2v) is 6.20. The van der Waals surface area contributed by atoms with Crippen molar-refractivity contribution in [3.05, 3.63) is 34.9 Å². The van der Waals surface area contributed by atoms with Crippen LogP contribution in [0.15, 0.2) is 18.2 Å². The van der Waals surface area contributed by atoms with E-state index in [2.05, 4.69) is 11.4 Å². The first-order valence-corrected chi connectivity index (χ1v) is 7.85. The van der Waals surface area contributed by atoms with Gasteiger partial charge in [0.2, 0.25) is 6.79 Å². The van der Waals surface area contributed by atoms with Crippen LogP contribution in [0.2, 0.25) is 0 Å². The van der Waals surface area contributed by atoms with Crippen LogP contribution in [0, 0.1) is 0 Å². The molecule has 2 aromatic carbocycles.